The van der Waals surface area contributed by atoms with Gasteiger partial charge in [0.25, 0.3) is 5.56 Å². The summed E-state index contributed by atoms with van der Waals surface area (Å²) in [5, 5.41) is 0.860. The average molecular weight is 229 g/mol. The minimum absolute atomic E-state index is 0.0686. The average Bonchev–Trinajstić information content (AvgIpc) is 2.28. The summed E-state index contributed by atoms with van der Waals surface area (Å²) in [5.41, 5.74) is 2.31. The van der Waals surface area contributed by atoms with Crippen molar-refractivity contribution in [2.45, 2.75) is 27.3 Å². The van der Waals surface area contributed by atoms with Gasteiger partial charge in [-0.1, -0.05) is 11.6 Å². The summed E-state index contributed by atoms with van der Waals surface area (Å²) in [6.07, 6.45) is 0. The molecule has 0 bridgehead atoms. The normalized spacial score (nSPS) is 10.8. The van der Waals surface area contributed by atoms with Crippen molar-refractivity contribution in [3.63, 3.8) is 0 Å². The first-order valence-electron chi connectivity index (χ1n) is 5.69. The van der Waals surface area contributed by atoms with Crippen LogP contribution in [0.5, 0.6) is 0 Å². The first-order valence-corrected chi connectivity index (χ1v) is 5.69. The number of carbonyl (C=O) groups is 1. The predicted molar refractivity (Wildman–Crippen MR) is 68.6 cm³/mol. The summed E-state index contributed by atoms with van der Waals surface area (Å²) in [7, 11) is 0. The highest BCUT2D eigenvalue weighted by Crippen LogP contribution is 2.19. The molecule has 0 aliphatic rings. The van der Waals surface area contributed by atoms with Gasteiger partial charge in [-0.2, -0.15) is 0 Å². The predicted octanol–water partition coefficient (Wildman–Crippen LogP) is 2.53. The Morgan fingerprint density at radius 3 is 2.59 bits per heavy atom. The van der Waals surface area contributed by atoms with E-state index in [1.165, 1.54) is 13.0 Å². The number of aromatic nitrogens is 1. The summed E-state index contributed by atoms with van der Waals surface area (Å²) < 4.78 is 1.68. The Hall–Kier alpha value is -1.90. The van der Waals surface area contributed by atoms with E-state index in [2.05, 4.69) is 0 Å². The summed E-state index contributed by atoms with van der Waals surface area (Å²) >= 11 is 0. The number of benzene rings is 1. The van der Waals surface area contributed by atoms with Gasteiger partial charge in [-0.05, 0) is 32.9 Å². The lowest BCUT2D eigenvalue weighted by molar-refractivity contribution is 0.101. The number of rotatable bonds is 2. The number of hydrogen-bond acceptors (Lipinski definition) is 2. The van der Waals surface area contributed by atoms with Crippen molar-refractivity contribution in [3.05, 3.63) is 45.7 Å². The molecule has 0 atom stereocenters. The van der Waals surface area contributed by atoms with Crippen molar-refractivity contribution < 1.29 is 4.79 Å². The Morgan fingerprint density at radius 2 is 2.00 bits per heavy atom. The van der Waals surface area contributed by atoms with Crippen LogP contribution in [0.15, 0.2) is 29.1 Å². The Balaban J connectivity index is 2.99. The Morgan fingerprint density at radius 1 is 1.29 bits per heavy atom. The first kappa shape index (κ1) is 11.6. The molecule has 88 valence electrons. The van der Waals surface area contributed by atoms with Gasteiger partial charge in [0.1, 0.15) is 0 Å². The monoisotopic (exact) mass is 229 g/mol. The zero-order chi connectivity index (χ0) is 12.6. The Labute approximate surface area is 99.7 Å². The number of hydrogen-bond donors (Lipinski definition) is 0. The molecule has 0 spiro atoms. The van der Waals surface area contributed by atoms with E-state index in [9.17, 15) is 9.59 Å². The molecule has 3 heteroatoms. The fraction of sp³-hybridized carbons (Fsp3) is 0.286. The zero-order valence-corrected chi connectivity index (χ0v) is 10.3. The second-order valence-corrected chi connectivity index (χ2v) is 4.22. The molecule has 3 nitrogen and oxygen atoms in total. The van der Waals surface area contributed by atoms with Gasteiger partial charge < -0.3 is 4.57 Å². The molecule has 1 heterocycles. The molecule has 2 aromatic rings. The lowest BCUT2D eigenvalue weighted by Gasteiger charge is -2.11. The number of fused-ring (bicyclic) bond motifs is 1. The van der Waals surface area contributed by atoms with Gasteiger partial charge >= 0.3 is 0 Å². The SMILES string of the molecule is CCn1c(=O)cc(C(C)=O)c2cc(C)ccc21. The van der Waals surface area contributed by atoms with Crippen LogP contribution in [0.2, 0.25) is 0 Å². The maximum absolute atomic E-state index is 11.9. The maximum atomic E-state index is 11.9. The highest BCUT2D eigenvalue weighted by molar-refractivity contribution is 6.06. The van der Waals surface area contributed by atoms with Crippen LogP contribution in [0.25, 0.3) is 10.9 Å². The van der Waals surface area contributed by atoms with Gasteiger partial charge in [0.05, 0.1) is 5.52 Å². The van der Waals surface area contributed by atoms with Gasteiger partial charge in [0.2, 0.25) is 0 Å². The summed E-state index contributed by atoms with van der Waals surface area (Å²) in [6, 6.07) is 7.26. The molecular weight excluding hydrogens is 214 g/mol. The van der Waals surface area contributed by atoms with E-state index in [0.29, 0.717) is 12.1 Å². The molecular formula is C14H15NO2. The maximum Gasteiger partial charge on any atom is 0.251 e. The molecule has 2 rings (SSSR count). The van der Waals surface area contributed by atoms with Crippen LogP contribution in [0.4, 0.5) is 0 Å². The van der Waals surface area contributed by atoms with Crippen LogP contribution in [0.1, 0.15) is 29.8 Å². The van der Waals surface area contributed by atoms with Gasteiger partial charge in [0, 0.05) is 23.6 Å². The molecule has 17 heavy (non-hydrogen) atoms. The van der Waals surface area contributed by atoms with E-state index in [-0.39, 0.29) is 11.3 Å². The summed E-state index contributed by atoms with van der Waals surface area (Å²) in [4.78, 5) is 23.5. The molecule has 0 fully saturated rings. The van der Waals surface area contributed by atoms with Crippen LogP contribution < -0.4 is 5.56 Å². The number of pyridine rings is 1. The van der Waals surface area contributed by atoms with Crippen LogP contribution in [0, 0.1) is 6.92 Å². The van der Waals surface area contributed by atoms with Gasteiger partial charge in [0.15, 0.2) is 5.78 Å². The third-order valence-corrected chi connectivity index (χ3v) is 2.96. The second kappa shape index (κ2) is 4.17. The smallest absolute Gasteiger partial charge is 0.251 e. The Kier molecular flexibility index (Phi) is 2.84. The third kappa shape index (κ3) is 1.88. The quantitative estimate of drug-likeness (QED) is 0.742. The molecule has 0 unspecified atom stereocenters. The van der Waals surface area contributed by atoms with Crippen molar-refractivity contribution >= 4 is 16.7 Å². The molecule has 0 N–H and O–H groups in total. The summed E-state index contributed by atoms with van der Waals surface area (Å²) in [6.45, 7) is 6.00. The van der Waals surface area contributed by atoms with Gasteiger partial charge in [-0.15, -0.1) is 0 Å². The largest absolute Gasteiger partial charge is 0.309 e. The van der Waals surface area contributed by atoms with Crippen molar-refractivity contribution in [1.29, 1.82) is 0 Å². The fourth-order valence-corrected chi connectivity index (χ4v) is 2.12. The first-order chi connectivity index (χ1) is 8.04. The molecule has 0 aliphatic heterocycles. The number of nitrogens with zero attached hydrogens (tertiary/aromatic N) is 1. The molecule has 0 amide bonds. The van der Waals surface area contributed by atoms with E-state index in [1.54, 1.807) is 4.57 Å². The fourth-order valence-electron chi connectivity index (χ4n) is 2.12. The molecule has 0 radical (unpaired) electrons. The lowest BCUT2D eigenvalue weighted by Crippen LogP contribution is -2.20. The number of carbonyl (C=O) groups excluding carboxylic acids is 1. The van der Waals surface area contributed by atoms with Crippen molar-refractivity contribution in [2.24, 2.45) is 0 Å². The zero-order valence-electron chi connectivity index (χ0n) is 10.3. The van der Waals surface area contributed by atoms with E-state index >= 15 is 0 Å². The van der Waals surface area contributed by atoms with Crippen LogP contribution in [-0.4, -0.2) is 10.4 Å². The van der Waals surface area contributed by atoms with Crippen LogP contribution >= 0.6 is 0 Å². The second-order valence-electron chi connectivity index (χ2n) is 4.22. The summed E-state index contributed by atoms with van der Waals surface area (Å²) in [5.74, 6) is -0.0686. The topological polar surface area (TPSA) is 39.1 Å². The third-order valence-electron chi connectivity index (χ3n) is 2.96. The minimum atomic E-state index is -0.117. The van der Waals surface area contributed by atoms with Gasteiger partial charge in [-0.25, -0.2) is 0 Å². The number of aryl methyl sites for hydroxylation is 2. The number of Topliss-reactive ketones (excluding diaryl/α,β-unsaturated/α-hetero) is 1. The lowest BCUT2D eigenvalue weighted by atomic mass is 10.0. The van der Waals surface area contributed by atoms with Gasteiger partial charge in [-0.3, -0.25) is 9.59 Å². The minimum Gasteiger partial charge on any atom is -0.309 e. The van der Waals surface area contributed by atoms with Crippen molar-refractivity contribution in [3.8, 4) is 0 Å². The van der Waals surface area contributed by atoms with Crippen LogP contribution in [0.3, 0.4) is 0 Å². The molecule has 1 aromatic heterocycles. The standard InChI is InChI=1S/C14H15NO2/c1-4-15-13-6-5-9(2)7-12(13)11(10(3)16)8-14(15)17/h5-8H,4H2,1-3H3. The van der Waals surface area contributed by atoms with E-state index < -0.39 is 0 Å². The van der Waals surface area contributed by atoms with Crippen molar-refractivity contribution in [2.75, 3.05) is 0 Å². The van der Waals surface area contributed by atoms with Crippen LogP contribution in [-0.2, 0) is 6.54 Å². The van der Waals surface area contributed by atoms with E-state index in [4.69, 9.17) is 0 Å². The number of ketones is 1. The molecule has 0 saturated carbocycles. The highest BCUT2D eigenvalue weighted by atomic mass is 16.1. The Bertz CT molecular complexity index is 653. The molecule has 0 saturated heterocycles. The molecule has 1 aromatic carbocycles. The highest BCUT2D eigenvalue weighted by Gasteiger charge is 2.10. The van der Waals surface area contributed by atoms with Crippen molar-refractivity contribution in [1.82, 2.24) is 4.57 Å². The van der Waals surface area contributed by atoms with E-state index in [0.717, 1.165) is 16.5 Å². The van der Waals surface area contributed by atoms with E-state index in [1.807, 2.05) is 32.0 Å². The molecule has 0 aliphatic carbocycles.